The number of piperidine rings is 1. The molecule has 2 unspecified atom stereocenters. The maximum atomic E-state index is 12.8. The fraction of sp³-hybridized carbons (Fsp3) is 0.438. The first kappa shape index (κ1) is 16.6. The maximum Gasteiger partial charge on any atom is 0.254 e. The van der Waals surface area contributed by atoms with Gasteiger partial charge in [0.2, 0.25) is 0 Å². The van der Waals surface area contributed by atoms with E-state index in [0.29, 0.717) is 5.56 Å². The van der Waals surface area contributed by atoms with Crippen LogP contribution in [0.1, 0.15) is 36.5 Å². The molecule has 0 bridgehead atoms. The van der Waals surface area contributed by atoms with E-state index in [1.54, 1.807) is 12.4 Å². The van der Waals surface area contributed by atoms with Crippen LogP contribution in [0.15, 0.2) is 30.6 Å². The number of hydrogen-bond donors (Lipinski definition) is 1. The SMILES string of the molecule is CC(N)C1CCCCN1C(=O)c1ccc2nccnc2c1.Cl. The number of amides is 1. The standard InChI is InChI=1S/C16H20N4O.ClH/c1-11(17)15-4-2-3-9-20(15)16(21)12-5-6-13-14(10-12)19-8-7-18-13;/h5-8,10-11,15H,2-4,9,17H2,1H3;1H. The van der Waals surface area contributed by atoms with Gasteiger partial charge in [-0.05, 0) is 44.4 Å². The van der Waals surface area contributed by atoms with Gasteiger partial charge in [0.1, 0.15) is 0 Å². The lowest BCUT2D eigenvalue weighted by Gasteiger charge is -2.38. The van der Waals surface area contributed by atoms with E-state index in [1.165, 1.54) is 0 Å². The van der Waals surface area contributed by atoms with Crippen LogP contribution in [0, 0.1) is 0 Å². The predicted molar refractivity (Wildman–Crippen MR) is 89.1 cm³/mol. The molecule has 2 atom stereocenters. The topological polar surface area (TPSA) is 72.1 Å². The number of rotatable bonds is 2. The summed E-state index contributed by atoms with van der Waals surface area (Å²) in [5, 5.41) is 0. The van der Waals surface area contributed by atoms with E-state index in [1.807, 2.05) is 30.0 Å². The molecule has 1 aromatic heterocycles. The smallest absolute Gasteiger partial charge is 0.254 e. The normalized spacial score (nSPS) is 19.5. The lowest BCUT2D eigenvalue weighted by Crippen LogP contribution is -2.51. The average Bonchev–Trinajstić information content (AvgIpc) is 2.53. The minimum absolute atomic E-state index is 0. The van der Waals surface area contributed by atoms with Crippen molar-refractivity contribution in [3.8, 4) is 0 Å². The van der Waals surface area contributed by atoms with Gasteiger partial charge < -0.3 is 10.6 Å². The van der Waals surface area contributed by atoms with Gasteiger partial charge in [0, 0.05) is 36.6 Å². The number of benzene rings is 1. The number of halogens is 1. The molecule has 6 heteroatoms. The van der Waals surface area contributed by atoms with Crippen LogP contribution in [0.5, 0.6) is 0 Å². The van der Waals surface area contributed by atoms with Crippen molar-refractivity contribution in [1.29, 1.82) is 0 Å². The summed E-state index contributed by atoms with van der Waals surface area (Å²) >= 11 is 0. The van der Waals surface area contributed by atoms with E-state index < -0.39 is 0 Å². The molecule has 2 aromatic rings. The number of likely N-dealkylation sites (tertiary alicyclic amines) is 1. The second-order valence-electron chi connectivity index (χ2n) is 5.68. The monoisotopic (exact) mass is 320 g/mol. The van der Waals surface area contributed by atoms with Crippen LogP contribution in [0.25, 0.3) is 11.0 Å². The van der Waals surface area contributed by atoms with Crippen molar-refractivity contribution in [1.82, 2.24) is 14.9 Å². The summed E-state index contributed by atoms with van der Waals surface area (Å²) in [7, 11) is 0. The van der Waals surface area contributed by atoms with Gasteiger partial charge in [-0.1, -0.05) is 0 Å². The van der Waals surface area contributed by atoms with Crippen LogP contribution >= 0.6 is 12.4 Å². The van der Waals surface area contributed by atoms with Crippen LogP contribution in [0.3, 0.4) is 0 Å². The summed E-state index contributed by atoms with van der Waals surface area (Å²) in [5.74, 6) is 0.0459. The number of nitrogens with zero attached hydrogens (tertiary/aromatic N) is 3. The molecule has 3 rings (SSSR count). The minimum atomic E-state index is -0.00509. The average molecular weight is 321 g/mol. The third-order valence-corrected chi connectivity index (χ3v) is 4.13. The summed E-state index contributed by atoms with van der Waals surface area (Å²) in [4.78, 5) is 23.2. The number of fused-ring (bicyclic) bond motifs is 1. The highest BCUT2D eigenvalue weighted by molar-refractivity contribution is 5.97. The molecule has 1 aliphatic rings. The Hall–Kier alpha value is -1.72. The molecule has 1 fully saturated rings. The van der Waals surface area contributed by atoms with Gasteiger partial charge in [0.25, 0.3) is 5.91 Å². The van der Waals surface area contributed by atoms with E-state index in [9.17, 15) is 4.79 Å². The molecule has 1 saturated heterocycles. The second kappa shape index (κ2) is 7.03. The third kappa shape index (κ3) is 3.20. The van der Waals surface area contributed by atoms with Gasteiger partial charge in [0.05, 0.1) is 11.0 Å². The van der Waals surface area contributed by atoms with Gasteiger partial charge in [-0.3, -0.25) is 14.8 Å². The highest BCUT2D eigenvalue weighted by Crippen LogP contribution is 2.22. The lowest BCUT2D eigenvalue weighted by molar-refractivity contribution is 0.0584. The summed E-state index contributed by atoms with van der Waals surface area (Å²) in [6.45, 7) is 2.76. The fourth-order valence-electron chi connectivity index (χ4n) is 3.02. The molecular weight excluding hydrogens is 300 g/mol. The van der Waals surface area contributed by atoms with Crippen molar-refractivity contribution in [2.45, 2.75) is 38.3 Å². The lowest BCUT2D eigenvalue weighted by atomic mass is 9.96. The Kier molecular flexibility index (Phi) is 5.32. The largest absolute Gasteiger partial charge is 0.334 e. The summed E-state index contributed by atoms with van der Waals surface area (Å²) in [5.41, 5.74) is 8.26. The fourth-order valence-corrected chi connectivity index (χ4v) is 3.02. The molecular formula is C16H21ClN4O. The Labute approximate surface area is 136 Å². The Morgan fingerprint density at radius 3 is 2.73 bits per heavy atom. The van der Waals surface area contributed by atoms with Gasteiger partial charge in [-0.15, -0.1) is 12.4 Å². The van der Waals surface area contributed by atoms with Gasteiger partial charge in [0.15, 0.2) is 0 Å². The Balaban J connectivity index is 0.00000176. The van der Waals surface area contributed by atoms with Crippen LogP contribution in [-0.2, 0) is 0 Å². The van der Waals surface area contributed by atoms with Crippen molar-refractivity contribution in [3.63, 3.8) is 0 Å². The molecule has 0 radical (unpaired) electrons. The number of nitrogens with two attached hydrogens (primary N) is 1. The zero-order valence-corrected chi connectivity index (χ0v) is 13.4. The first-order chi connectivity index (χ1) is 10.2. The quantitative estimate of drug-likeness (QED) is 0.922. The summed E-state index contributed by atoms with van der Waals surface area (Å²) < 4.78 is 0. The van der Waals surface area contributed by atoms with E-state index in [2.05, 4.69) is 9.97 Å². The van der Waals surface area contributed by atoms with Crippen LogP contribution in [0.2, 0.25) is 0 Å². The van der Waals surface area contributed by atoms with E-state index in [0.717, 1.165) is 36.8 Å². The molecule has 1 aliphatic heterocycles. The zero-order valence-electron chi connectivity index (χ0n) is 12.6. The van der Waals surface area contributed by atoms with Crippen molar-refractivity contribution < 1.29 is 4.79 Å². The van der Waals surface area contributed by atoms with Gasteiger partial charge in [-0.2, -0.15) is 0 Å². The minimum Gasteiger partial charge on any atom is -0.334 e. The molecule has 118 valence electrons. The van der Waals surface area contributed by atoms with Crippen molar-refractivity contribution in [3.05, 3.63) is 36.2 Å². The first-order valence-electron chi connectivity index (χ1n) is 7.44. The van der Waals surface area contributed by atoms with Crippen LogP contribution < -0.4 is 5.73 Å². The Morgan fingerprint density at radius 2 is 2.00 bits per heavy atom. The van der Waals surface area contributed by atoms with Gasteiger partial charge >= 0.3 is 0 Å². The number of carbonyl (C=O) groups is 1. The van der Waals surface area contributed by atoms with Crippen molar-refractivity contribution in [2.75, 3.05) is 6.54 Å². The highest BCUT2D eigenvalue weighted by Gasteiger charge is 2.29. The summed E-state index contributed by atoms with van der Waals surface area (Å²) in [6, 6.07) is 5.61. The Bertz CT molecular complexity index is 661. The number of carbonyl (C=O) groups excluding carboxylic acids is 1. The molecule has 5 nitrogen and oxygen atoms in total. The number of aromatic nitrogens is 2. The highest BCUT2D eigenvalue weighted by atomic mass is 35.5. The van der Waals surface area contributed by atoms with E-state index >= 15 is 0 Å². The molecule has 1 aromatic carbocycles. The maximum absolute atomic E-state index is 12.8. The van der Waals surface area contributed by atoms with E-state index in [4.69, 9.17) is 5.73 Å². The third-order valence-electron chi connectivity index (χ3n) is 4.13. The van der Waals surface area contributed by atoms with Crippen LogP contribution in [-0.4, -0.2) is 39.4 Å². The molecule has 2 heterocycles. The molecule has 1 amide bonds. The molecule has 2 N–H and O–H groups in total. The summed E-state index contributed by atoms with van der Waals surface area (Å²) in [6.07, 6.45) is 6.46. The van der Waals surface area contributed by atoms with Gasteiger partial charge in [-0.25, -0.2) is 0 Å². The second-order valence-corrected chi connectivity index (χ2v) is 5.68. The van der Waals surface area contributed by atoms with Crippen molar-refractivity contribution >= 4 is 29.3 Å². The van der Waals surface area contributed by atoms with E-state index in [-0.39, 0.29) is 30.4 Å². The predicted octanol–water partition coefficient (Wildman–Crippen LogP) is 2.39. The van der Waals surface area contributed by atoms with Crippen LogP contribution in [0.4, 0.5) is 0 Å². The number of hydrogen-bond acceptors (Lipinski definition) is 4. The Morgan fingerprint density at radius 1 is 1.27 bits per heavy atom. The zero-order chi connectivity index (χ0) is 14.8. The molecule has 0 saturated carbocycles. The van der Waals surface area contributed by atoms with Crippen molar-refractivity contribution in [2.24, 2.45) is 5.73 Å². The molecule has 0 spiro atoms. The first-order valence-corrected chi connectivity index (χ1v) is 7.44. The molecule has 0 aliphatic carbocycles. The molecule has 22 heavy (non-hydrogen) atoms.